The Balaban J connectivity index is 1.08. The molecule has 0 aliphatic rings. The Labute approximate surface area is 369 Å². The molecule has 0 aliphatic heterocycles. The number of fused-ring (bicyclic) bond motifs is 8. The molecule has 1 heteroatoms. The summed E-state index contributed by atoms with van der Waals surface area (Å²) < 4.78 is 2.59. The fourth-order valence-corrected chi connectivity index (χ4v) is 11.8. The van der Waals surface area contributed by atoms with Crippen LogP contribution < -0.4 is 0 Å². The van der Waals surface area contributed by atoms with E-state index < -0.39 is 0 Å². The maximum atomic E-state index is 2.37. The van der Waals surface area contributed by atoms with E-state index in [0.29, 0.717) is 0 Å². The minimum absolute atomic E-state index is 1.22. The van der Waals surface area contributed by atoms with E-state index in [0.717, 1.165) is 0 Å². The molecule has 63 heavy (non-hydrogen) atoms. The van der Waals surface area contributed by atoms with Crippen LogP contribution in [0.2, 0.25) is 0 Å². The Bertz CT molecular complexity index is 3830. The van der Waals surface area contributed by atoms with Crippen molar-refractivity contribution in [2.45, 2.75) is 0 Å². The maximum Gasteiger partial charge on any atom is 0.0361 e. The van der Waals surface area contributed by atoms with Crippen molar-refractivity contribution in [2.24, 2.45) is 0 Å². The minimum Gasteiger partial charge on any atom is -0.135 e. The van der Waals surface area contributed by atoms with E-state index in [1.807, 2.05) is 11.3 Å². The van der Waals surface area contributed by atoms with Crippen LogP contribution in [0.3, 0.4) is 0 Å². The zero-order valence-electron chi connectivity index (χ0n) is 34.3. The summed E-state index contributed by atoms with van der Waals surface area (Å²) in [4.78, 5) is 0. The molecule has 0 nitrogen and oxygen atoms in total. The SMILES string of the molecule is c1ccc(-c2c3ccccc3c(-c3cccc4sc5cccc(-c6c7ccccc7c(-c7ccc(-c8cccc9ccccc89)cc7)c7ccccc67)c5c34)c3ccccc23)cc1. The molecule has 0 spiro atoms. The highest BCUT2D eigenvalue weighted by molar-refractivity contribution is 7.26. The molecule has 0 N–H and O–H groups in total. The van der Waals surface area contributed by atoms with Gasteiger partial charge in [0.25, 0.3) is 0 Å². The molecular formula is C62H38S. The Kier molecular flexibility index (Phi) is 8.19. The van der Waals surface area contributed by atoms with Gasteiger partial charge in [0.1, 0.15) is 0 Å². The zero-order chi connectivity index (χ0) is 41.4. The lowest BCUT2D eigenvalue weighted by Gasteiger charge is -2.20. The molecule has 292 valence electrons. The molecule has 12 aromatic carbocycles. The van der Waals surface area contributed by atoms with E-state index in [1.54, 1.807) is 0 Å². The van der Waals surface area contributed by atoms with Crippen molar-refractivity contribution < 1.29 is 0 Å². The van der Waals surface area contributed by atoms with Crippen molar-refractivity contribution in [2.75, 3.05) is 0 Å². The molecule has 13 rings (SSSR count). The van der Waals surface area contributed by atoms with Crippen molar-refractivity contribution in [1.82, 2.24) is 0 Å². The summed E-state index contributed by atoms with van der Waals surface area (Å²) in [7, 11) is 0. The van der Waals surface area contributed by atoms with Crippen molar-refractivity contribution in [1.29, 1.82) is 0 Å². The third-order valence-corrected chi connectivity index (χ3v) is 14.4. The number of hydrogen-bond acceptors (Lipinski definition) is 1. The van der Waals surface area contributed by atoms with Gasteiger partial charge < -0.3 is 0 Å². The molecule has 0 atom stereocenters. The van der Waals surface area contributed by atoms with Gasteiger partial charge >= 0.3 is 0 Å². The van der Waals surface area contributed by atoms with Gasteiger partial charge in [-0.15, -0.1) is 11.3 Å². The van der Waals surface area contributed by atoms with Crippen LogP contribution in [0.1, 0.15) is 0 Å². The minimum atomic E-state index is 1.22. The van der Waals surface area contributed by atoms with Gasteiger partial charge in [0.15, 0.2) is 0 Å². The van der Waals surface area contributed by atoms with Crippen LogP contribution in [0.5, 0.6) is 0 Å². The molecule has 1 aromatic heterocycles. The normalized spacial score (nSPS) is 11.8. The highest BCUT2D eigenvalue weighted by Crippen LogP contribution is 2.52. The van der Waals surface area contributed by atoms with E-state index >= 15 is 0 Å². The second-order valence-corrected chi connectivity index (χ2v) is 17.7. The Morgan fingerprint density at radius 3 is 1.02 bits per heavy atom. The molecule has 0 saturated heterocycles. The molecule has 0 aliphatic carbocycles. The third-order valence-electron chi connectivity index (χ3n) is 13.3. The lowest BCUT2D eigenvalue weighted by Crippen LogP contribution is -1.92. The summed E-state index contributed by atoms with van der Waals surface area (Å²) in [6, 6.07) is 85.4. The number of benzene rings is 12. The fraction of sp³-hybridized carbons (Fsp3) is 0. The average molecular weight is 815 g/mol. The van der Waals surface area contributed by atoms with Gasteiger partial charge in [-0.3, -0.25) is 0 Å². The molecule has 0 bridgehead atoms. The largest absolute Gasteiger partial charge is 0.135 e. The quantitative estimate of drug-likeness (QED) is 0.152. The van der Waals surface area contributed by atoms with Gasteiger partial charge in [-0.25, -0.2) is 0 Å². The van der Waals surface area contributed by atoms with Gasteiger partial charge in [0.05, 0.1) is 0 Å². The molecule has 13 aromatic rings. The second-order valence-electron chi connectivity index (χ2n) is 16.6. The Hall–Kier alpha value is -7.84. The first-order valence-electron chi connectivity index (χ1n) is 21.8. The lowest BCUT2D eigenvalue weighted by molar-refractivity contribution is 1.63. The van der Waals surface area contributed by atoms with Gasteiger partial charge in [-0.2, -0.15) is 0 Å². The molecule has 0 saturated carbocycles. The first-order valence-corrected chi connectivity index (χ1v) is 22.6. The van der Waals surface area contributed by atoms with E-state index in [1.165, 1.54) is 130 Å². The Morgan fingerprint density at radius 2 is 0.540 bits per heavy atom. The average Bonchev–Trinajstić information content (AvgIpc) is 3.75. The predicted octanol–water partition coefficient (Wildman–Crippen LogP) is 18.2. The first-order chi connectivity index (χ1) is 31.3. The van der Waals surface area contributed by atoms with Crippen LogP contribution in [0.4, 0.5) is 0 Å². The van der Waals surface area contributed by atoms with Crippen molar-refractivity contribution in [3.63, 3.8) is 0 Å². The summed E-state index contributed by atoms with van der Waals surface area (Å²) in [5.74, 6) is 0. The fourth-order valence-electron chi connectivity index (χ4n) is 10.6. The predicted molar refractivity (Wildman–Crippen MR) is 274 cm³/mol. The first kappa shape index (κ1) is 35.9. The standard InChI is InChI=1S/C62H38S/c1-2-18-41(19-3-1)57-45-22-6-10-26-49(45)59(50-27-11-7-23-46(50)57)53-31-15-33-55-61(53)62-54(32-16-34-56(62)63-55)60-51-28-12-8-24-47(51)58(48-25-9-13-29-52(48)60)42-37-35-40(36-38-42)44-30-14-20-39-17-4-5-21-43(39)44/h1-38H. The lowest BCUT2D eigenvalue weighted by atomic mass is 9.83. The van der Waals surface area contributed by atoms with Gasteiger partial charge in [-0.05, 0) is 122 Å². The summed E-state index contributed by atoms with van der Waals surface area (Å²) >= 11 is 1.90. The summed E-state index contributed by atoms with van der Waals surface area (Å²) in [5.41, 5.74) is 12.6. The van der Waals surface area contributed by atoms with Crippen molar-refractivity contribution in [3.8, 4) is 55.6 Å². The van der Waals surface area contributed by atoms with Gasteiger partial charge in [0, 0.05) is 20.2 Å². The Morgan fingerprint density at radius 1 is 0.206 bits per heavy atom. The van der Waals surface area contributed by atoms with Crippen molar-refractivity contribution in [3.05, 3.63) is 231 Å². The summed E-state index contributed by atoms with van der Waals surface area (Å²) in [5, 5.41) is 15.3. The van der Waals surface area contributed by atoms with Crippen LogP contribution in [-0.4, -0.2) is 0 Å². The molecule has 0 unspecified atom stereocenters. The third kappa shape index (κ3) is 5.54. The monoisotopic (exact) mass is 814 g/mol. The van der Waals surface area contributed by atoms with E-state index in [2.05, 4.69) is 231 Å². The molecule has 1 heterocycles. The van der Waals surface area contributed by atoms with E-state index in [-0.39, 0.29) is 0 Å². The van der Waals surface area contributed by atoms with E-state index in [4.69, 9.17) is 0 Å². The smallest absolute Gasteiger partial charge is 0.0361 e. The second kappa shape index (κ2) is 14.4. The summed E-state index contributed by atoms with van der Waals surface area (Å²) in [6.07, 6.45) is 0. The molecular weight excluding hydrogens is 777 g/mol. The van der Waals surface area contributed by atoms with Crippen LogP contribution in [-0.2, 0) is 0 Å². The van der Waals surface area contributed by atoms with Crippen LogP contribution in [0.25, 0.3) is 130 Å². The molecule has 0 amide bonds. The summed E-state index contributed by atoms with van der Waals surface area (Å²) in [6.45, 7) is 0. The number of hydrogen-bond donors (Lipinski definition) is 0. The number of rotatable bonds is 5. The highest BCUT2D eigenvalue weighted by Gasteiger charge is 2.23. The van der Waals surface area contributed by atoms with Gasteiger partial charge in [-0.1, -0.05) is 218 Å². The molecule has 0 radical (unpaired) electrons. The topological polar surface area (TPSA) is 0 Å². The van der Waals surface area contributed by atoms with E-state index in [9.17, 15) is 0 Å². The van der Waals surface area contributed by atoms with Crippen LogP contribution in [0.15, 0.2) is 231 Å². The molecule has 0 fully saturated rings. The van der Waals surface area contributed by atoms with Crippen LogP contribution >= 0.6 is 11.3 Å². The van der Waals surface area contributed by atoms with Crippen molar-refractivity contribution >= 4 is 85.4 Å². The maximum absolute atomic E-state index is 2.37. The van der Waals surface area contributed by atoms with Gasteiger partial charge in [0.2, 0.25) is 0 Å². The van der Waals surface area contributed by atoms with Crippen LogP contribution in [0, 0.1) is 0 Å². The number of thiophene rings is 1. The zero-order valence-corrected chi connectivity index (χ0v) is 35.2. The highest BCUT2D eigenvalue weighted by atomic mass is 32.1.